The summed E-state index contributed by atoms with van der Waals surface area (Å²) in [6.45, 7) is 1.88. The van der Waals surface area contributed by atoms with Gasteiger partial charge in [-0.05, 0) is 12.5 Å². The van der Waals surface area contributed by atoms with E-state index in [2.05, 4.69) is 0 Å². The Morgan fingerprint density at radius 2 is 2.22 bits per heavy atom. The van der Waals surface area contributed by atoms with Gasteiger partial charge in [-0.25, -0.2) is 4.68 Å². The van der Waals surface area contributed by atoms with Gasteiger partial charge in [0.25, 0.3) is 5.56 Å². The van der Waals surface area contributed by atoms with Crippen molar-refractivity contribution in [2.75, 3.05) is 5.84 Å². The molecule has 0 saturated heterocycles. The Morgan fingerprint density at radius 1 is 1.56 bits per heavy atom. The zero-order valence-corrected chi connectivity index (χ0v) is 5.16. The SMILES string of the molecule is Cc1ccc(=O)n(N)c1. The Kier molecular flexibility index (Phi) is 1.26. The van der Waals surface area contributed by atoms with E-state index in [0.717, 1.165) is 10.2 Å². The predicted octanol–water partition coefficient (Wildman–Crippen LogP) is -0.129. The number of nitrogens with two attached hydrogens (primary N) is 1. The molecule has 0 unspecified atom stereocenters. The second kappa shape index (κ2) is 1.93. The Morgan fingerprint density at radius 3 is 2.67 bits per heavy atom. The maximum Gasteiger partial charge on any atom is 0.268 e. The van der Waals surface area contributed by atoms with Crippen LogP contribution < -0.4 is 11.4 Å². The lowest BCUT2D eigenvalue weighted by molar-refractivity contribution is 0.925. The number of nitrogen functional groups attached to an aromatic ring is 1. The maximum atomic E-state index is 10.6. The number of nitrogens with zero attached hydrogens (tertiary/aromatic N) is 1. The van der Waals surface area contributed by atoms with Crippen molar-refractivity contribution in [2.24, 2.45) is 0 Å². The van der Waals surface area contributed by atoms with Gasteiger partial charge in [0, 0.05) is 12.3 Å². The maximum absolute atomic E-state index is 10.6. The molecule has 1 heterocycles. The standard InChI is InChI=1S/C6H8N2O/c1-5-2-3-6(9)8(7)4-5/h2-4H,7H2,1H3. The molecular weight excluding hydrogens is 116 g/mol. The molecule has 0 aromatic carbocycles. The second-order valence-corrected chi connectivity index (χ2v) is 1.95. The molecule has 0 amide bonds. The monoisotopic (exact) mass is 124 g/mol. The molecule has 3 nitrogen and oxygen atoms in total. The van der Waals surface area contributed by atoms with Gasteiger partial charge in [-0.15, -0.1) is 0 Å². The molecular formula is C6H8N2O. The smallest absolute Gasteiger partial charge is 0.268 e. The summed E-state index contributed by atoms with van der Waals surface area (Å²) in [4.78, 5) is 10.6. The van der Waals surface area contributed by atoms with Crippen molar-refractivity contribution in [3.05, 3.63) is 34.2 Å². The van der Waals surface area contributed by atoms with E-state index in [-0.39, 0.29) is 5.56 Å². The van der Waals surface area contributed by atoms with Gasteiger partial charge in [-0.2, -0.15) is 0 Å². The molecule has 1 aromatic heterocycles. The lowest BCUT2D eigenvalue weighted by atomic mass is 10.3. The van der Waals surface area contributed by atoms with E-state index >= 15 is 0 Å². The van der Waals surface area contributed by atoms with E-state index in [1.54, 1.807) is 12.3 Å². The molecule has 1 rings (SSSR count). The molecule has 3 heteroatoms. The van der Waals surface area contributed by atoms with Crippen molar-refractivity contribution in [3.8, 4) is 0 Å². The van der Waals surface area contributed by atoms with E-state index in [4.69, 9.17) is 5.84 Å². The molecule has 0 saturated carbocycles. The third-order valence-corrected chi connectivity index (χ3v) is 1.09. The van der Waals surface area contributed by atoms with Gasteiger partial charge in [0.15, 0.2) is 0 Å². The predicted molar refractivity (Wildman–Crippen MR) is 35.6 cm³/mol. The summed E-state index contributed by atoms with van der Waals surface area (Å²) in [5.74, 6) is 5.22. The van der Waals surface area contributed by atoms with Crippen molar-refractivity contribution in [1.29, 1.82) is 0 Å². The number of aryl methyl sites for hydroxylation is 1. The minimum Gasteiger partial charge on any atom is -0.336 e. The van der Waals surface area contributed by atoms with Crippen LogP contribution >= 0.6 is 0 Å². The van der Waals surface area contributed by atoms with Gasteiger partial charge >= 0.3 is 0 Å². The quantitative estimate of drug-likeness (QED) is 0.490. The van der Waals surface area contributed by atoms with E-state index in [1.165, 1.54) is 6.07 Å². The minimum absolute atomic E-state index is 0.180. The number of aromatic nitrogens is 1. The van der Waals surface area contributed by atoms with Gasteiger partial charge in [0.2, 0.25) is 0 Å². The van der Waals surface area contributed by atoms with Crippen molar-refractivity contribution in [1.82, 2.24) is 4.68 Å². The van der Waals surface area contributed by atoms with Crippen molar-refractivity contribution < 1.29 is 0 Å². The molecule has 9 heavy (non-hydrogen) atoms. The van der Waals surface area contributed by atoms with Crippen LogP contribution in [0.2, 0.25) is 0 Å². The van der Waals surface area contributed by atoms with Crippen LogP contribution in [-0.2, 0) is 0 Å². The Bertz CT molecular complexity index is 264. The highest BCUT2D eigenvalue weighted by molar-refractivity contribution is 5.06. The molecule has 0 aliphatic heterocycles. The Hall–Kier alpha value is -1.25. The van der Waals surface area contributed by atoms with Crippen LogP contribution in [0.5, 0.6) is 0 Å². The molecule has 48 valence electrons. The van der Waals surface area contributed by atoms with Gasteiger partial charge in [-0.3, -0.25) is 4.79 Å². The van der Waals surface area contributed by atoms with E-state index in [0.29, 0.717) is 0 Å². The molecule has 0 aliphatic carbocycles. The van der Waals surface area contributed by atoms with Crippen molar-refractivity contribution >= 4 is 0 Å². The lowest BCUT2D eigenvalue weighted by Crippen LogP contribution is -2.25. The van der Waals surface area contributed by atoms with Gasteiger partial charge in [0.05, 0.1) is 0 Å². The minimum atomic E-state index is -0.180. The number of pyridine rings is 1. The molecule has 2 N–H and O–H groups in total. The molecule has 1 aromatic rings. The Labute approximate surface area is 52.7 Å². The highest BCUT2D eigenvalue weighted by atomic mass is 16.1. The summed E-state index contributed by atoms with van der Waals surface area (Å²) in [7, 11) is 0. The average Bonchev–Trinajstić information content (AvgIpc) is 1.80. The molecule has 0 spiro atoms. The van der Waals surface area contributed by atoms with Crippen LogP contribution in [0.15, 0.2) is 23.1 Å². The summed E-state index contributed by atoms with van der Waals surface area (Å²) < 4.78 is 1.06. The van der Waals surface area contributed by atoms with Crippen LogP contribution in [0, 0.1) is 6.92 Å². The molecule has 0 aliphatic rings. The van der Waals surface area contributed by atoms with Crippen LogP contribution in [-0.4, -0.2) is 4.68 Å². The third kappa shape index (κ3) is 1.10. The normalized spacial score (nSPS) is 9.44. The number of hydrogen-bond donors (Lipinski definition) is 1. The van der Waals surface area contributed by atoms with E-state index in [1.807, 2.05) is 6.92 Å². The summed E-state index contributed by atoms with van der Waals surface area (Å²) in [5.41, 5.74) is 0.803. The molecule has 0 atom stereocenters. The summed E-state index contributed by atoms with van der Waals surface area (Å²) in [6.07, 6.45) is 1.59. The number of hydrogen-bond acceptors (Lipinski definition) is 2. The fourth-order valence-corrected chi connectivity index (χ4v) is 0.615. The first-order valence-corrected chi connectivity index (χ1v) is 2.64. The van der Waals surface area contributed by atoms with Crippen LogP contribution in [0.1, 0.15) is 5.56 Å². The van der Waals surface area contributed by atoms with Gasteiger partial charge in [0.1, 0.15) is 0 Å². The zero-order chi connectivity index (χ0) is 6.85. The number of rotatable bonds is 0. The summed E-state index contributed by atoms with van der Waals surface area (Å²) >= 11 is 0. The first kappa shape index (κ1) is 5.88. The highest BCUT2D eigenvalue weighted by Gasteiger charge is 1.86. The van der Waals surface area contributed by atoms with Gasteiger partial charge in [-0.1, -0.05) is 6.07 Å². The first-order valence-electron chi connectivity index (χ1n) is 2.64. The Balaban J connectivity index is 3.34. The first-order chi connectivity index (χ1) is 4.20. The molecule has 0 fully saturated rings. The fraction of sp³-hybridized carbons (Fsp3) is 0.167. The average molecular weight is 124 g/mol. The highest BCUT2D eigenvalue weighted by Crippen LogP contribution is 1.86. The van der Waals surface area contributed by atoms with E-state index < -0.39 is 0 Å². The van der Waals surface area contributed by atoms with Crippen molar-refractivity contribution in [2.45, 2.75) is 6.92 Å². The van der Waals surface area contributed by atoms with Crippen LogP contribution in [0.4, 0.5) is 0 Å². The summed E-state index contributed by atoms with van der Waals surface area (Å²) in [6, 6.07) is 3.17. The van der Waals surface area contributed by atoms with Crippen molar-refractivity contribution in [3.63, 3.8) is 0 Å². The topological polar surface area (TPSA) is 48.0 Å². The summed E-state index contributed by atoms with van der Waals surface area (Å²) in [5, 5.41) is 0. The van der Waals surface area contributed by atoms with E-state index in [9.17, 15) is 4.79 Å². The third-order valence-electron chi connectivity index (χ3n) is 1.09. The molecule has 0 radical (unpaired) electrons. The van der Waals surface area contributed by atoms with Crippen LogP contribution in [0.3, 0.4) is 0 Å². The lowest BCUT2D eigenvalue weighted by Gasteiger charge is -1.95. The largest absolute Gasteiger partial charge is 0.336 e. The second-order valence-electron chi connectivity index (χ2n) is 1.95. The molecule has 0 bridgehead atoms. The van der Waals surface area contributed by atoms with Gasteiger partial charge < -0.3 is 5.84 Å². The fourth-order valence-electron chi connectivity index (χ4n) is 0.615. The van der Waals surface area contributed by atoms with Crippen LogP contribution in [0.25, 0.3) is 0 Å². The zero-order valence-electron chi connectivity index (χ0n) is 5.16.